The molecule has 0 radical (unpaired) electrons. The lowest BCUT2D eigenvalue weighted by molar-refractivity contribution is -0.129. The molecule has 0 aliphatic heterocycles. The average molecular weight is 339 g/mol. The predicted octanol–water partition coefficient (Wildman–Crippen LogP) is 4.23. The van der Waals surface area contributed by atoms with Gasteiger partial charge >= 0.3 is 0 Å². The maximum Gasteiger partial charge on any atom is 0.243 e. The molecule has 2 rings (SSSR count). The van der Waals surface area contributed by atoms with E-state index in [0.29, 0.717) is 12.8 Å². The fourth-order valence-electron chi connectivity index (χ4n) is 2.99. The highest BCUT2D eigenvalue weighted by atomic mass is 16.5. The largest absolute Gasteiger partial charge is 0.299 e. The van der Waals surface area contributed by atoms with Gasteiger partial charge < -0.3 is 0 Å². The Morgan fingerprint density at radius 1 is 0.760 bits per heavy atom. The standard InChI is InChI=1S/C21H25NO3/c23-19(15-9-1-2-10-16-20(24)22-25)21(17-11-5-3-6-12-17)18-13-7-4-8-14-18/h3-8,11-14,21,25H,1-2,9-10,15-16H2,(H,22,24). The van der Waals surface area contributed by atoms with Crippen LogP contribution < -0.4 is 5.48 Å². The molecule has 0 heterocycles. The van der Waals surface area contributed by atoms with Crippen molar-refractivity contribution in [1.82, 2.24) is 5.48 Å². The number of carbonyl (C=O) groups is 2. The summed E-state index contributed by atoms with van der Waals surface area (Å²) < 4.78 is 0. The van der Waals surface area contributed by atoms with Crippen molar-refractivity contribution >= 4 is 11.7 Å². The summed E-state index contributed by atoms with van der Waals surface area (Å²) in [5.41, 5.74) is 3.68. The molecule has 2 aromatic rings. The zero-order valence-electron chi connectivity index (χ0n) is 14.4. The Balaban J connectivity index is 1.90. The Morgan fingerprint density at radius 2 is 1.24 bits per heavy atom. The van der Waals surface area contributed by atoms with Gasteiger partial charge in [0.15, 0.2) is 0 Å². The van der Waals surface area contributed by atoms with Gasteiger partial charge in [0.2, 0.25) is 5.91 Å². The molecule has 2 aromatic carbocycles. The smallest absolute Gasteiger partial charge is 0.243 e. The molecule has 0 unspecified atom stereocenters. The SMILES string of the molecule is O=C(CCCCCCC(=O)C(c1ccccc1)c1ccccc1)NO. The highest BCUT2D eigenvalue weighted by molar-refractivity contribution is 5.89. The third-order valence-electron chi connectivity index (χ3n) is 4.29. The maximum atomic E-state index is 12.8. The molecule has 0 aliphatic carbocycles. The summed E-state index contributed by atoms with van der Waals surface area (Å²) in [6.07, 6.45) is 4.17. The van der Waals surface area contributed by atoms with E-state index in [1.165, 1.54) is 0 Å². The van der Waals surface area contributed by atoms with Gasteiger partial charge in [-0.2, -0.15) is 0 Å². The summed E-state index contributed by atoms with van der Waals surface area (Å²) in [4.78, 5) is 23.8. The normalized spacial score (nSPS) is 10.6. The van der Waals surface area contributed by atoms with Crippen LogP contribution in [0.3, 0.4) is 0 Å². The lowest BCUT2D eigenvalue weighted by Gasteiger charge is -2.17. The minimum Gasteiger partial charge on any atom is -0.299 e. The Kier molecular flexibility index (Phi) is 7.86. The van der Waals surface area contributed by atoms with Crippen LogP contribution in [0.15, 0.2) is 60.7 Å². The second kappa shape index (κ2) is 10.4. The van der Waals surface area contributed by atoms with Crippen LogP contribution in [0.4, 0.5) is 0 Å². The van der Waals surface area contributed by atoms with Gasteiger partial charge in [0.1, 0.15) is 5.78 Å². The molecule has 0 aromatic heterocycles. The molecule has 2 N–H and O–H groups in total. The van der Waals surface area contributed by atoms with Crippen LogP contribution >= 0.6 is 0 Å². The molecule has 4 nitrogen and oxygen atoms in total. The molecule has 0 atom stereocenters. The van der Waals surface area contributed by atoms with Crippen LogP contribution in [0.25, 0.3) is 0 Å². The first-order valence-corrected chi connectivity index (χ1v) is 8.78. The number of unbranched alkanes of at least 4 members (excludes halogenated alkanes) is 3. The van der Waals surface area contributed by atoms with Gasteiger partial charge in [-0.25, -0.2) is 5.48 Å². The average Bonchev–Trinajstić information content (AvgIpc) is 2.66. The van der Waals surface area contributed by atoms with Crippen LogP contribution in [0.1, 0.15) is 55.6 Å². The topological polar surface area (TPSA) is 66.4 Å². The number of carbonyl (C=O) groups excluding carboxylic acids is 2. The molecular weight excluding hydrogens is 314 g/mol. The van der Waals surface area contributed by atoms with E-state index in [9.17, 15) is 9.59 Å². The van der Waals surface area contributed by atoms with Gasteiger partial charge in [0, 0.05) is 12.8 Å². The van der Waals surface area contributed by atoms with E-state index in [1.807, 2.05) is 60.7 Å². The van der Waals surface area contributed by atoms with Crippen LogP contribution in [0.5, 0.6) is 0 Å². The number of nitrogens with one attached hydrogen (secondary N) is 1. The molecule has 0 aliphatic rings. The van der Waals surface area contributed by atoms with Crippen molar-refractivity contribution in [3.63, 3.8) is 0 Å². The first-order valence-electron chi connectivity index (χ1n) is 8.78. The summed E-state index contributed by atoms with van der Waals surface area (Å²) in [7, 11) is 0. The minimum absolute atomic E-state index is 0.220. The molecule has 0 saturated heterocycles. The lowest BCUT2D eigenvalue weighted by Crippen LogP contribution is -2.17. The quantitative estimate of drug-likeness (QED) is 0.387. The monoisotopic (exact) mass is 339 g/mol. The number of hydrogen-bond donors (Lipinski definition) is 2. The first-order chi connectivity index (χ1) is 12.2. The van der Waals surface area contributed by atoms with Gasteiger partial charge in [-0.05, 0) is 24.0 Å². The van der Waals surface area contributed by atoms with Crippen molar-refractivity contribution in [1.29, 1.82) is 0 Å². The highest BCUT2D eigenvalue weighted by Gasteiger charge is 2.21. The molecule has 0 fully saturated rings. The molecule has 0 spiro atoms. The third-order valence-corrected chi connectivity index (χ3v) is 4.29. The number of hydroxylamine groups is 1. The van der Waals surface area contributed by atoms with E-state index >= 15 is 0 Å². The van der Waals surface area contributed by atoms with Gasteiger partial charge in [-0.3, -0.25) is 14.8 Å². The summed E-state index contributed by atoms with van der Waals surface area (Å²) >= 11 is 0. The van der Waals surface area contributed by atoms with E-state index in [0.717, 1.165) is 36.8 Å². The van der Waals surface area contributed by atoms with E-state index in [4.69, 9.17) is 5.21 Å². The lowest BCUT2D eigenvalue weighted by atomic mass is 9.85. The molecule has 132 valence electrons. The van der Waals surface area contributed by atoms with Crippen molar-refractivity contribution in [2.75, 3.05) is 0 Å². The van der Waals surface area contributed by atoms with Crippen molar-refractivity contribution < 1.29 is 14.8 Å². The number of hydrogen-bond acceptors (Lipinski definition) is 3. The second-order valence-corrected chi connectivity index (χ2v) is 6.17. The molecule has 0 bridgehead atoms. The Labute approximate surface area is 148 Å². The fourth-order valence-corrected chi connectivity index (χ4v) is 2.99. The van der Waals surface area contributed by atoms with Crippen LogP contribution in [-0.4, -0.2) is 16.9 Å². The third kappa shape index (κ3) is 6.16. The van der Waals surface area contributed by atoms with Gasteiger partial charge in [0.25, 0.3) is 0 Å². The molecule has 0 saturated carbocycles. The van der Waals surface area contributed by atoms with Crippen LogP contribution in [0, 0.1) is 0 Å². The summed E-state index contributed by atoms with van der Waals surface area (Å²) in [6, 6.07) is 19.8. The second-order valence-electron chi connectivity index (χ2n) is 6.17. The van der Waals surface area contributed by atoms with Crippen molar-refractivity contribution in [3.8, 4) is 0 Å². The van der Waals surface area contributed by atoms with Gasteiger partial charge in [-0.15, -0.1) is 0 Å². The molecule has 25 heavy (non-hydrogen) atoms. The van der Waals surface area contributed by atoms with E-state index < -0.39 is 0 Å². The van der Waals surface area contributed by atoms with E-state index in [2.05, 4.69) is 0 Å². The summed E-state index contributed by atoms with van der Waals surface area (Å²) in [6.45, 7) is 0. The van der Waals surface area contributed by atoms with Crippen LogP contribution in [-0.2, 0) is 9.59 Å². The Morgan fingerprint density at radius 3 is 1.72 bits per heavy atom. The fraction of sp³-hybridized carbons (Fsp3) is 0.333. The van der Waals surface area contributed by atoms with E-state index in [-0.39, 0.29) is 17.6 Å². The number of benzene rings is 2. The maximum absolute atomic E-state index is 12.8. The molecular formula is C21H25NO3. The van der Waals surface area contributed by atoms with Gasteiger partial charge in [-0.1, -0.05) is 73.5 Å². The number of Topliss-reactive ketones (excluding diaryl/α,β-unsaturated/α-hetero) is 1. The van der Waals surface area contributed by atoms with E-state index in [1.54, 1.807) is 5.48 Å². The van der Waals surface area contributed by atoms with Crippen molar-refractivity contribution in [2.24, 2.45) is 0 Å². The number of rotatable bonds is 10. The molecule has 1 amide bonds. The summed E-state index contributed by atoms with van der Waals surface area (Å²) in [5.74, 6) is -0.350. The zero-order chi connectivity index (χ0) is 17.9. The minimum atomic E-state index is -0.357. The van der Waals surface area contributed by atoms with Gasteiger partial charge in [0.05, 0.1) is 5.92 Å². The number of amides is 1. The summed E-state index contributed by atoms with van der Waals surface area (Å²) in [5, 5.41) is 8.44. The Hall–Kier alpha value is -2.46. The zero-order valence-corrected chi connectivity index (χ0v) is 14.4. The first kappa shape index (κ1) is 18.9. The van der Waals surface area contributed by atoms with Crippen molar-refractivity contribution in [3.05, 3.63) is 71.8 Å². The van der Waals surface area contributed by atoms with Crippen molar-refractivity contribution in [2.45, 2.75) is 44.4 Å². The molecule has 4 heteroatoms. The number of ketones is 1. The predicted molar refractivity (Wildman–Crippen MR) is 97.4 cm³/mol. The highest BCUT2D eigenvalue weighted by Crippen LogP contribution is 2.27. The Bertz CT molecular complexity index is 616. The van der Waals surface area contributed by atoms with Crippen LogP contribution in [0.2, 0.25) is 0 Å².